The summed E-state index contributed by atoms with van der Waals surface area (Å²) >= 11 is 0. The standard InChI is InChI=1S/C12H18N2O3/c1-3-8-13-11(17)14-12(10(15)16)7-5-4-6-9(12)2/h1,9H,4-8H2,2H3,(H,15,16)(H2,13,14,17). The van der Waals surface area contributed by atoms with Crippen molar-refractivity contribution in [3.63, 3.8) is 0 Å². The molecule has 1 aliphatic carbocycles. The molecular weight excluding hydrogens is 220 g/mol. The molecular formula is C12H18N2O3. The zero-order valence-corrected chi connectivity index (χ0v) is 9.95. The number of hydrogen-bond acceptors (Lipinski definition) is 2. The van der Waals surface area contributed by atoms with Gasteiger partial charge in [0.15, 0.2) is 0 Å². The van der Waals surface area contributed by atoms with Crippen LogP contribution in [0.2, 0.25) is 0 Å². The average molecular weight is 238 g/mol. The molecule has 0 radical (unpaired) electrons. The fourth-order valence-corrected chi connectivity index (χ4v) is 2.28. The second-order valence-electron chi connectivity index (χ2n) is 4.44. The van der Waals surface area contributed by atoms with Crippen molar-refractivity contribution >= 4 is 12.0 Å². The highest BCUT2D eigenvalue weighted by Crippen LogP contribution is 2.33. The van der Waals surface area contributed by atoms with Gasteiger partial charge in [-0.05, 0) is 18.8 Å². The number of carbonyl (C=O) groups is 2. The van der Waals surface area contributed by atoms with E-state index in [4.69, 9.17) is 6.42 Å². The summed E-state index contributed by atoms with van der Waals surface area (Å²) in [6.07, 6.45) is 8.11. The molecule has 94 valence electrons. The molecule has 2 atom stereocenters. The van der Waals surface area contributed by atoms with Gasteiger partial charge in [-0.3, -0.25) is 0 Å². The van der Waals surface area contributed by atoms with Gasteiger partial charge in [0.2, 0.25) is 0 Å². The van der Waals surface area contributed by atoms with Gasteiger partial charge in [-0.25, -0.2) is 9.59 Å². The molecule has 0 aliphatic heterocycles. The summed E-state index contributed by atoms with van der Waals surface area (Å²) in [6, 6.07) is -0.515. The highest BCUT2D eigenvalue weighted by Gasteiger charge is 2.46. The van der Waals surface area contributed by atoms with Gasteiger partial charge >= 0.3 is 12.0 Å². The van der Waals surface area contributed by atoms with E-state index in [-0.39, 0.29) is 12.5 Å². The van der Waals surface area contributed by atoms with Crippen molar-refractivity contribution in [1.82, 2.24) is 10.6 Å². The Bertz CT molecular complexity index is 348. The van der Waals surface area contributed by atoms with Crippen molar-refractivity contribution in [3.05, 3.63) is 0 Å². The van der Waals surface area contributed by atoms with Crippen LogP contribution in [0.4, 0.5) is 4.79 Å². The first-order valence-corrected chi connectivity index (χ1v) is 5.76. The maximum atomic E-state index is 11.5. The van der Waals surface area contributed by atoms with Crippen LogP contribution < -0.4 is 10.6 Å². The molecule has 0 saturated heterocycles. The van der Waals surface area contributed by atoms with Crippen LogP contribution in [0.3, 0.4) is 0 Å². The van der Waals surface area contributed by atoms with E-state index in [9.17, 15) is 14.7 Å². The summed E-state index contributed by atoms with van der Waals surface area (Å²) in [7, 11) is 0. The van der Waals surface area contributed by atoms with Crippen molar-refractivity contribution in [2.24, 2.45) is 5.92 Å². The maximum Gasteiger partial charge on any atom is 0.329 e. The molecule has 0 aromatic heterocycles. The van der Waals surface area contributed by atoms with E-state index in [2.05, 4.69) is 16.6 Å². The van der Waals surface area contributed by atoms with Crippen molar-refractivity contribution in [2.75, 3.05) is 6.54 Å². The van der Waals surface area contributed by atoms with Crippen molar-refractivity contribution in [2.45, 2.75) is 38.1 Å². The third-order valence-corrected chi connectivity index (χ3v) is 3.37. The molecule has 0 bridgehead atoms. The number of hydrogen-bond donors (Lipinski definition) is 3. The first kappa shape index (κ1) is 13.4. The Morgan fingerprint density at radius 1 is 1.53 bits per heavy atom. The van der Waals surface area contributed by atoms with Crippen LogP contribution in [0.15, 0.2) is 0 Å². The van der Waals surface area contributed by atoms with E-state index in [1.165, 1.54) is 0 Å². The van der Waals surface area contributed by atoms with Crippen LogP contribution in [0.5, 0.6) is 0 Å². The summed E-state index contributed by atoms with van der Waals surface area (Å²) in [5, 5.41) is 14.4. The number of rotatable bonds is 3. The first-order chi connectivity index (χ1) is 8.03. The van der Waals surface area contributed by atoms with Crippen molar-refractivity contribution < 1.29 is 14.7 Å². The molecule has 1 fully saturated rings. The molecule has 2 amide bonds. The SMILES string of the molecule is C#CCNC(=O)NC1(C(=O)O)CCCCC1C. The van der Waals surface area contributed by atoms with E-state index in [1.54, 1.807) is 0 Å². The summed E-state index contributed by atoms with van der Waals surface area (Å²) in [4.78, 5) is 23.0. The van der Waals surface area contributed by atoms with E-state index in [0.29, 0.717) is 6.42 Å². The Labute approximate surface area is 101 Å². The number of aliphatic carboxylic acids is 1. The molecule has 0 heterocycles. The largest absolute Gasteiger partial charge is 0.479 e. The predicted molar refractivity (Wildman–Crippen MR) is 63.4 cm³/mol. The van der Waals surface area contributed by atoms with Gasteiger partial charge in [0.25, 0.3) is 0 Å². The molecule has 1 aliphatic rings. The van der Waals surface area contributed by atoms with Gasteiger partial charge in [-0.15, -0.1) is 6.42 Å². The number of carbonyl (C=O) groups excluding carboxylic acids is 1. The smallest absolute Gasteiger partial charge is 0.329 e. The minimum atomic E-state index is -1.16. The van der Waals surface area contributed by atoms with E-state index >= 15 is 0 Å². The normalized spacial score (nSPS) is 27.9. The third kappa shape index (κ3) is 2.90. The van der Waals surface area contributed by atoms with Crippen molar-refractivity contribution in [1.29, 1.82) is 0 Å². The Balaban J connectivity index is 2.75. The number of urea groups is 1. The van der Waals surface area contributed by atoms with E-state index in [1.807, 2.05) is 6.92 Å². The van der Waals surface area contributed by atoms with Crippen LogP contribution in [0, 0.1) is 18.3 Å². The van der Waals surface area contributed by atoms with Gasteiger partial charge in [-0.2, -0.15) is 0 Å². The summed E-state index contributed by atoms with van der Waals surface area (Å²) < 4.78 is 0. The lowest BCUT2D eigenvalue weighted by atomic mass is 9.73. The maximum absolute atomic E-state index is 11.5. The fourth-order valence-electron chi connectivity index (χ4n) is 2.28. The number of nitrogens with one attached hydrogen (secondary N) is 2. The molecule has 0 spiro atoms. The van der Waals surface area contributed by atoms with Gasteiger partial charge < -0.3 is 15.7 Å². The van der Waals surface area contributed by atoms with E-state index in [0.717, 1.165) is 19.3 Å². The lowest BCUT2D eigenvalue weighted by Gasteiger charge is -2.39. The number of amides is 2. The quantitative estimate of drug-likeness (QED) is 0.641. The molecule has 5 heteroatoms. The van der Waals surface area contributed by atoms with Gasteiger partial charge in [0, 0.05) is 0 Å². The summed E-state index contributed by atoms with van der Waals surface area (Å²) in [6.45, 7) is 1.95. The molecule has 1 saturated carbocycles. The number of carboxylic acid groups (broad SMARTS) is 1. The highest BCUT2D eigenvalue weighted by molar-refractivity contribution is 5.86. The van der Waals surface area contributed by atoms with Crippen LogP contribution in [0.25, 0.3) is 0 Å². The zero-order valence-electron chi connectivity index (χ0n) is 9.95. The molecule has 17 heavy (non-hydrogen) atoms. The second kappa shape index (κ2) is 5.58. The Hall–Kier alpha value is -1.70. The highest BCUT2D eigenvalue weighted by atomic mass is 16.4. The Morgan fingerprint density at radius 2 is 2.24 bits per heavy atom. The monoisotopic (exact) mass is 238 g/mol. The molecule has 2 unspecified atom stereocenters. The molecule has 3 N–H and O–H groups in total. The Morgan fingerprint density at radius 3 is 2.76 bits per heavy atom. The minimum Gasteiger partial charge on any atom is -0.479 e. The molecule has 0 aromatic carbocycles. The van der Waals surface area contributed by atoms with Gasteiger partial charge in [0.05, 0.1) is 6.54 Å². The van der Waals surface area contributed by atoms with Gasteiger partial charge in [0.1, 0.15) is 5.54 Å². The van der Waals surface area contributed by atoms with Gasteiger partial charge in [-0.1, -0.05) is 25.7 Å². The lowest BCUT2D eigenvalue weighted by Crippen LogP contribution is -2.61. The Kier molecular flexibility index (Phi) is 4.38. The van der Waals surface area contributed by atoms with Crippen molar-refractivity contribution in [3.8, 4) is 12.3 Å². The lowest BCUT2D eigenvalue weighted by molar-refractivity contribution is -0.148. The fraction of sp³-hybridized carbons (Fsp3) is 0.667. The molecule has 0 aromatic rings. The predicted octanol–water partition coefficient (Wildman–Crippen LogP) is 0.952. The topological polar surface area (TPSA) is 78.4 Å². The summed E-state index contributed by atoms with van der Waals surface area (Å²) in [5.41, 5.74) is -1.16. The number of carboxylic acids is 1. The first-order valence-electron chi connectivity index (χ1n) is 5.76. The second-order valence-corrected chi connectivity index (χ2v) is 4.44. The average Bonchev–Trinajstić information content (AvgIpc) is 2.29. The van der Waals surface area contributed by atoms with Crippen LogP contribution in [-0.4, -0.2) is 29.2 Å². The minimum absolute atomic E-state index is 0.0784. The van der Waals surface area contributed by atoms with Crippen LogP contribution >= 0.6 is 0 Å². The van der Waals surface area contributed by atoms with Crippen LogP contribution in [0.1, 0.15) is 32.6 Å². The third-order valence-electron chi connectivity index (χ3n) is 3.37. The molecule has 1 rings (SSSR count). The zero-order chi connectivity index (χ0) is 12.9. The molecule has 5 nitrogen and oxygen atoms in total. The number of terminal acetylenes is 1. The summed E-state index contributed by atoms with van der Waals surface area (Å²) in [5.74, 6) is 1.22. The van der Waals surface area contributed by atoms with E-state index < -0.39 is 17.5 Å². The van der Waals surface area contributed by atoms with Crippen LogP contribution in [-0.2, 0) is 4.79 Å².